The van der Waals surface area contributed by atoms with Crippen molar-refractivity contribution in [2.24, 2.45) is 0 Å². The van der Waals surface area contributed by atoms with Crippen molar-refractivity contribution in [3.63, 3.8) is 0 Å². The molecule has 3 N–H and O–H groups in total. The topological polar surface area (TPSA) is 61.7 Å². The Morgan fingerprint density at radius 3 is 2.53 bits per heavy atom. The zero-order valence-corrected chi connectivity index (χ0v) is 8.34. The molecule has 1 heterocycles. The number of hydrogen-bond acceptors (Lipinski definition) is 4. The van der Waals surface area contributed by atoms with Gasteiger partial charge in [0.1, 0.15) is 12.3 Å². The van der Waals surface area contributed by atoms with E-state index in [9.17, 15) is 10.2 Å². The molecule has 1 aromatic carbocycles. The van der Waals surface area contributed by atoms with Gasteiger partial charge in [-0.3, -0.25) is 0 Å². The zero-order chi connectivity index (χ0) is 10.7. The molecule has 1 fully saturated rings. The summed E-state index contributed by atoms with van der Waals surface area (Å²) in [5.74, 6) is 0. The molecule has 0 spiro atoms. The fourth-order valence-corrected chi connectivity index (χ4v) is 1.59. The van der Waals surface area contributed by atoms with Crippen LogP contribution in [0.2, 0.25) is 0 Å². The minimum absolute atomic E-state index is 0.172. The van der Waals surface area contributed by atoms with Crippen molar-refractivity contribution in [1.82, 2.24) is 0 Å². The third-order valence-electron chi connectivity index (χ3n) is 2.47. The summed E-state index contributed by atoms with van der Waals surface area (Å²) in [5, 5.41) is 21.9. The molecule has 2 rings (SSSR count). The Bertz CT molecular complexity index is 304. The Kier molecular flexibility index (Phi) is 3.20. The van der Waals surface area contributed by atoms with E-state index in [-0.39, 0.29) is 12.8 Å². The van der Waals surface area contributed by atoms with E-state index in [0.717, 1.165) is 5.69 Å². The second-order valence-corrected chi connectivity index (χ2v) is 3.70. The first-order valence-corrected chi connectivity index (χ1v) is 5.05. The van der Waals surface area contributed by atoms with Crippen molar-refractivity contribution in [2.45, 2.75) is 24.9 Å². The van der Waals surface area contributed by atoms with Crippen LogP contribution in [0.25, 0.3) is 0 Å². The Labute approximate surface area is 88.5 Å². The number of anilines is 1. The lowest BCUT2D eigenvalue weighted by atomic mass is 10.1. The van der Waals surface area contributed by atoms with Crippen molar-refractivity contribution >= 4 is 5.69 Å². The summed E-state index contributed by atoms with van der Waals surface area (Å²) in [7, 11) is 0. The van der Waals surface area contributed by atoms with Gasteiger partial charge in [-0.15, -0.1) is 0 Å². The molecule has 3 atom stereocenters. The number of benzene rings is 1. The molecule has 0 radical (unpaired) electrons. The molecular weight excluding hydrogens is 194 g/mol. The SMILES string of the molecule is O[C@@H]1COC(Nc2ccccc2)C[C@H]1O. The van der Waals surface area contributed by atoms with Gasteiger partial charge in [0, 0.05) is 12.1 Å². The van der Waals surface area contributed by atoms with Crippen LogP contribution >= 0.6 is 0 Å². The van der Waals surface area contributed by atoms with E-state index >= 15 is 0 Å². The van der Waals surface area contributed by atoms with Crippen LogP contribution in [-0.2, 0) is 4.74 Å². The van der Waals surface area contributed by atoms with Gasteiger partial charge in [0.15, 0.2) is 0 Å². The summed E-state index contributed by atoms with van der Waals surface area (Å²) in [5.41, 5.74) is 0.950. The van der Waals surface area contributed by atoms with E-state index in [1.54, 1.807) is 0 Å². The summed E-state index contributed by atoms with van der Waals surface area (Å²) in [6, 6.07) is 9.65. The maximum Gasteiger partial charge on any atom is 0.130 e. The van der Waals surface area contributed by atoms with Gasteiger partial charge in [0.05, 0.1) is 12.7 Å². The molecule has 82 valence electrons. The molecule has 4 heteroatoms. The Morgan fingerprint density at radius 2 is 1.87 bits per heavy atom. The molecule has 1 aliphatic heterocycles. The number of nitrogens with one attached hydrogen (secondary N) is 1. The third kappa shape index (κ3) is 2.68. The molecule has 0 aliphatic carbocycles. The van der Waals surface area contributed by atoms with Gasteiger partial charge in [0.2, 0.25) is 0 Å². The van der Waals surface area contributed by atoms with Gasteiger partial charge in [-0.05, 0) is 12.1 Å². The van der Waals surface area contributed by atoms with E-state index in [2.05, 4.69) is 5.32 Å². The highest BCUT2D eigenvalue weighted by Gasteiger charge is 2.27. The minimum Gasteiger partial charge on any atom is -0.390 e. The maximum atomic E-state index is 9.46. The van der Waals surface area contributed by atoms with Crippen LogP contribution in [0.4, 0.5) is 5.69 Å². The summed E-state index contributed by atoms with van der Waals surface area (Å²) in [6.07, 6.45) is -1.31. The predicted molar refractivity (Wildman–Crippen MR) is 56.4 cm³/mol. The lowest BCUT2D eigenvalue weighted by Crippen LogP contribution is -2.44. The minimum atomic E-state index is -0.765. The van der Waals surface area contributed by atoms with Crippen LogP contribution in [0.5, 0.6) is 0 Å². The molecular formula is C11H15NO3. The number of aliphatic hydroxyl groups is 2. The normalized spacial score (nSPS) is 31.2. The second-order valence-electron chi connectivity index (χ2n) is 3.70. The highest BCUT2D eigenvalue weighted by Crippen LogP contribution is 2.17. The molecule has 1 saturated heterocycles. The second kappa shape index (κ2) is 4.61. The van der Waals surface area contributed by atoms with E-state index in [1.165, 1.54) is 0 Å². The van der Waals surface area contributed by atoms with E-state index in [4.69, 9.17) is 4.74 Å². The lowest BCUT2D eigenvalue weighted by Gasteiger charge is -2.31. The lowest BCUT2D eigenvalue weighted by molar-refractivity contribution is -0.112. The van der Waals surface area contributed by atoms with E-state index in [0.29, 0.717) is 6.42 Å². The van der Waals surface area contributed by atoms with Crippen LogP contribution in [0.1, 0.15) is 6.42 Å². The fourth-order valence-electron chi connectivity index (χ4n) is 1.59. The molecule has 4 nitrogen and oxygen atoms in total. The molecule has 0 amide bonds. The molecule has 1 aliphatic rings. The monoisotopic (exact) mass is 209 g/mol. The zero-order valence-electron chi connectivity index (χ0n) is 8.34. The Morgan fingerprint density at radius 1 is 1.13 bits per heavy atom. The summed E-state index contributed by atoms with van der Waals surface area (Å²) in [6.45, 7) is 0.172. The van der Waals surface area contributed by atoms with Crippen LogP contribution in [-0.4, -0.2) is 35.3 Å². The average Bonchev–Trinajstić information content (AvgIpc) is 2.25. The van der Waals surface area contributed by atoms with Crippen LogP contribution in [0.3, 0.4) is 0 Å². The molecule has 0 aromatic heterocycles. The standard InChI is InChI=1S/C11H15NO3/c13-9-6-11(15-7-10(9)14)12-8-4-2-1-3-5-8/h1-5,9-14H,6-7H2/t9-,10-,11?/m1/s1. The smallest absolute Gasteiger partial charge is 0.130 e. The fraction of sp³-hybridized carbons (Fsp3) is 0.455. The van der Waals surface area contributed by atoms with Crippen molar-refractivity contribution in [1.29, 1.82) is 0 Å². The van der Waals surface area contributed by atoms with Gasteiger partial charge in [-0.2, -0.15) is 0 Å². The largest absolute Gasteiger partial charge is 0.390 e. The summed E-state index contributed by atoms with van der Waals surface area (Å²) < 4.78 is 5.34. The molecule has 15 heavy (non-hydrogen) atoms. The van der Waals surface area contributed by atoms with Crippen LogP contribution in [0.15, 0.2) is 30.3 Å². The quantitative estimate of drug-likeness (QED) is 0.666. The average molecular weight is 209 g/mol. The van der Waals surface area contributed by atoms with Crippen molar-refractivity contribution in [3.05, 3.63) is 30.3 Å². The van der Waals surface area contributed by atoms with Crippen molar-refractivity contribution < 1.29 is 14.9 Å². The van der Waals surface area contributed by atoms with Gasteiger partial charge in [-0.25, -0.2) is 0 Å². The van der Waals surface area contributed by atoms with Gasteiger partial charge in [0.25, 0.3) is 0 Å². The number of para-hydroxylation sites is 1. The highest BCUT2D eigenvalue weighted by molar-refractivity contribution is 5.42. The van der Waals surface area contributed by atoms with Gasteiger partial charge in [-0.1, -0.05) is 18.2 Å². The number of ether oxygens (including phenoxy) is 1. The van der Waals surface area contributed by atoms with Crippen LogP contribution < -0.4 is 5.32 Å². The van der Waals surface area contributed by atoms with E-state index < -0.39 is 12.2 Å². The maximum absolute atomic E-state index is 9.46. The first kappa shape index (κ1) is 10.4. The highest BCUT2D eigenvalue weighted by atomic mass is 16.5. The summed E-state index contributed by atoms with van der Waals surface area (Å²) in [4.78, 5) is 0. The van der Waals surface area contributed by atoms with Crippen molar-refractivity contribution in [2.75, 3.05) is 11.9 Å². The number of hydrogen-bond donors (Lipinski definition) is 3. The molecule has 0 saturated carbocycles. The number of rotatable bonds is 2. The first-order valence-electron chi connectivity index (χ1n) is 5.05. The third-order valence-corrected chi connectivity index (χ3v) is 2.47. The first-order chi connectivity index (χ1) is 7.25. The van der Waals surface area contributed by atoms with E-state index in [1.807, 2.05) is 30.3 Å². The summed E-state index contributed by atoms with van der Waals surface area (Å²) >= 11 is 0. The van der Waals surface area contributed by atoms with Crippen LogP contribution in [0, 0.1) is 0 Å². The molecule has 0 bridgehead atoms. The Balaban J connectivity index is 1.91. The predicted octanol–water partition coefficient (Wildman–Crippen LogP) is 0.567. The Hall–Kier alpha value is -1.10. The molecule has 1 aromatic rings. The molecule has 1 unspecified atom stereocenters. The van der Waals surface area contributed by atoms with Gasteiger partial charge < -0.3 is 20.3 Å². The van der Waals surface area contributed by atoms with Crippen molar-refractivity contribution in [3.8, 4) is 0 Å². The van der Waals surface area contributed by atoms with Gasteiger partial charge >= 0.3 is 0 Å². The number of aliphatic hydroxyl groups excluding tert-OH is 2.